The van der Waals surface area contributed by atoms with Crippen LogP contribution in [0.25, 0.3) is 11.3 Å². The Hall–Kier alpha value is -3.61. The van der Waals surface area contributed by atoms with E-state index in [0.717, 1.165) is 22.4 Å². The van der Waals surface area contributed by atoms with Crippen molar-refractivity contribution in [3.8, 4) is 11.3 Å². The van der Waals surface area contributed by atoms with Crippen LogP contribution in [0.2, 0.25) is 0 Å². The molecule has 2 amide bonds. The highest BCUT2D eigenvalue weighted by atomic mass is 16.5. The maximum absolute atomic E-state index is 12.5. The highest BCUT2D eigenvalue weighted by molar-refractivity contribution is 6.01. The number of aromatic nitrogens is 1. The smallest absolute Gasteiger partial charge is 0.275 e. The van der Waals surface area contributed by atoms with Gasteiger partial charge in [-0.15, -0.1) is 0 Å². The second-order valence-electron chi connectivity index (χ2n) is 6.50. The van der Waals surface area contributed by atoms with E-state index in [2.05, 4.69) is 21.3 Å². The first-order valence-electron chi connectivity index (χ1n) is 8.87. The van der Waals surface area contributed by atoms with Crippen molar-refractivity contribution in [2.75, 3.05) is 11.9 Å². The summed E-state index contributed by atoms with van der Waals surface area (Å²) >= 11 is 0. The Labute approximate surface area is 163 Å². The highest BCUT2D eigenvalue weighted by Crippen LogP contribution is 2.24. The molecule has 7 heteroatoms. The summed E-state index contributed by atoms with van der Waals surface area (Å²) < 4.78 is 5.17. The van der Waals surface area contributed by atoms with E-state index in [9.17, 15) is 9.59 Å². The molecule has 0 fully saturated rings. The molecule has 0 atom stereocenters. The van der Waals surface area contributed by atoms with Crippen LogP contribution in [0.1, 0.15) is 27.2 Å². The first-order chi connectivity index (χ1) is 13.5. The van der Waals surface area contributed by atoms with Crippen LogP contribution in [-0.2, 0) is 4.79 Å². The Kier molecular flexibility index (Phi) is 5.74. The fourth-order valence-corrected chi connectivity index (χ4v) is 2.85. The topological polar surface area (TPSA) is 96.3 Å². The minimum absolute atomic E-state index is 0.0261. The molecule has 0 saturated heterocycles. The number of hydrogen-bond acceptors (Lipinski definition) is 5. The quantitative estimate of drug-likeness (QED) is 0.593. The maximum atomic E-state index is 12.5. The van der Waals surface area contributed by atoms with Gasteiger partial charge in [-0.2, -0.15) is 0 Å². The molecule has 0 radical (unpaired) electrons. The zero-order valence-electron chi connectivity index (χ0n) is 16.0. The van der Waals surface area contributed by atoms with Gasteiger partial charge in [0, 0.05) is 11.3 Å². The average Bonchev–Trinajstić information content (AvgIpc) is 3.07. The van der Waals surface area contributed by atoms with Crippen LogP contribution in [-0.4, -0.2) is 23.5 Å². The highest BCUT2D eigenvalue weighted by Gasteiger charge is 2.21. The van der Waals surface area contributed by atoms with Crippen molar-refractivity contribution < 1.29 is 14.1 Å². The zero-order valence-corrected chi connectivity index (χ0v) is 16.0. The van der Waals surface area contributed by atoms with Crippen molar-refractivity contribution in [1.82, 2.24) is 16.0 Å². The van der Waals surface area contributed by atoms with Gasteiger partial charge in [0.25, 0.3) is 11.8 Å². The van der Waals surface area contributed by atoms with Crippen LogP contribution >= 0.6 is 0 Å². The summed E-state index contributed by atoms with van der Waals surface area (Å²) in [5, 5.41) is 7.02. The summed E-state index contributed by atoms with van der Waals surface area (Å²) in [6.45, 7) is 5.65. The molecule has 3 aromatic rings. The molecule has 0 aliphatic carbocycles. The van der Waals surface area contributed by atoms with Gasteiger partial charge in [-0.05, 0) is 32.4 Å². The molecule has 1 aromatic heterocycles. The molecule has 7 nitrogen and oxygen atoms in total. The molecule has 3 N–H and O–H groups in total. The lowest BCUT2D eigenvalue weighted by atomic mass is 10.1. The number of amides is 2. The van der Waals surface area contributed by atoms with E-state index in [1.165, 1.54) is 0 Å². The molecule has 0 aliphatic rings. The Morgan fingerprint density at radius 2 is 1.75 bits per heavy atom. The lowest BCUT2D eigenvalue weighted by molar-refractivity contribution is -0.120. The molecule has 28 heavy (non-hydrogen) atoms. The molecule has 0 spiro atoms. The number of hydrazine groups is 1. The molecule has 0 bridgehead atoms. The van der Waals surface area contributed by atoms with Gasteiger partial charge >= 0.3 is 0 Å². The number of anilines is 1. The van der Waals surface area contributed by atoms with Crippen LogP contribution < -0.4 is 16.2 Å². The second-order valence-corrected chi connectivity index (χ2v) is 6.50. The number of benzene rings is 2. The largest absolute Gasteiger partial charge is 0.376 e. The predicted molar refractivity (Wildman–Crippen MR) is 107 cm³/mol. The molecular weight excluding hydrogens is 356 g/mol. The Morgan fingerprint density at radius 3 is 2.46 bits per heavy atom. The van der Waals surface area contributed by atoms with E-state index in [0.29, 0.717) is 11.5 Å². The first kappa shape index (κ1) is 19.2. The minimum atomic E-state index is -0.488. The van der Waals surface area contributed by atoms with Gasteiger partial charge in [-0.1, -0.05) is 53.2 Å². The van der Waals surface area contributed by atoms with E-state index in [1.807, 2.05) is 62.4 Å². The van der Waals surface area contributed by atoms with Crippen molar-refractivity contribution in [2.24, 2.45) is 0 Å². The van der Waals surface area contributed by atoms with Crippen molar-refractivity contribution >= 4 is 17.5 Å². The zero-order chi connectivity index (χ0) is 20.1. The first-order valence-corrected chi connectivity index (χ1v) is 8.87. The van der Waals surface area contributed by atoms with Crippen LogP contribution in [0.5, 0.6) is 0 Å². The summed E-state index contributed by atoms with van der Waals surface area (Å²) in [6, 6.07) is 15.2. The van der Waals surface area contributed by atoms with Gasteiger partial charge in [0.1, 0.15) is 17.0 Å². The van der Waals surface area contributed by atoms with Crippen LogP contribution in [0.15, 0.2) is 53.1 Å². The summed E-state index contributed by atoms with van der Waals surface area (Å²) in [4.78, 5) is 24.6. The third-order valence-corrected chi connectivity index (χ3v) is 4.27. The maximum Gasteiger partial charge on any atom is 0.275 e. The van der Waals surface area contributed by atoms with Crippen LogP contribution in [0.3, 0.4) is 0 Å². The number of aryl methyl sites for hydroxylation is 3. The lowest BCUT2D eigenvalue weighted by Crippen LogP contribution is -2.44. The second kappa shape index (κ2) is 8.39. The molecule has 0 aliphatic heterocycles. The molecule has 0 unspecified atom stereocenters. The summed E-state index contributed by atoms with van der Waals surface area (Å²) in [5.74, 6) is -0.486. The van der Waals surface area contributed by atoms with E-state index >= 15 is 0 Å². The van der Waals surface area contributed by atoms with E-state index in [-0.39, 0.29) is 18.0 Å². The van der Waals surface area contributed by atoms with Crippen molar-refractivity contribution in [1.29, 1.82) is 0 Å². The van der Waals surface area contributed by atoms with E-state index in [4.69, 9.17) is 4.52 Å². The molecule has 3 rings (SSSR count). The number of nitrogens with one attached hydrogen (secondary N) is 3. The molecule has 1 heterocycles. The summed E-state index contributed by atoms with van der Waals surface area (Å²) in [5.41, 5.74) is 9.36. The number of hydrogen-bond donors (Lipinski definition) is 3. The third-order valence-electron chi connectivity index (χ3n) is 4.27. The molecule has 144 valence electrons. The average molecular weight is 378 g/mol. The molecular formula is C21H22N4O3. The summed E-state index contributed by atoms with van der Waals surface area (Å²) in [7, 11) is 0. The third kappa shape index (κ3) is 4.37. The number of carbonyl (C=O) groups is 2. The van der Waals surface area contributed by atoms with Gasteiger partial charge in [0.2, 0.25) is 0 Å². The number of carbonyl (C=O) groups excluding carboxylic acids is 2. The fraction of sp³-hybridized carbons (Fsp3) is 0.190. The normalized spacial score (nSPS) is 10.4. The fourth-order valence-electron chi connectivity index (χ4n) is 2.85. The van der Waals surface area contributed by atoms with Gasteiger partial charge in [-0.25, -0.2) is 0 Å². The monoisotopic (exact) mass is 378 g/mol. The van der Waals surface area contributed by atoms with Gasteiger partial charge in [-0.3, -0.25) is 20.4 Å². The summed E-state index contributed by atoms with van der Waals surface area (Å²) in [6.07, 6.45) is 0. The van der Waals surface area contributed by atoms with Gasteiger partial charge in [0.05, 0.1) is 6.54 Å². The van der Waals surface area contributed by atoms with Crippen molar-refractivity contribution in [3.05, 3.63) is 71.0 Å². The van der Waals surface area contributed by atoms with E-state index < -0.39 is 5.91 Å². The van der Waals surface area contributed by atoms with E-state index in [1.54, 1.807) is 6.92 Å². The standard InChI is InChI=1S/C21H22N4O3/c1-13-9-10-17(14(2)11-13)22-12-18(26)23-24-21(27)19-15(3)28-25-20(19)16-7-5-4-6-8-16/h4-11,22H,12H2,1-3H3,(H,23,26)(H,24,27). The Balaban J connectivity index is 1.60. The predicted octanol–water partition coefficient (Wildman–Crippen LogP) is 3.14. The number of nitrogens with zero attached hydrogens (tertiary/aromatic N) is 1. The molecule has 2 aromatic carbocycles. The molecule has 0 saturated carbocycles. The Bertz CT molecular complexity index is 996. The van der Waals surface area contributed by atoms with Crippen LogP contribution in [0.4, 0.5) is 5.69 Å². The van der Waals surface area contributed by atoms with Crippen molar-refractivity contribution in [3.63, 3.8) is 0 Å². The number of rotatable bonds is 5. The Morgan fingerprint density at radius 1 is 1.00 bits per heavy atom. The minimum Gasteiger partial charge on any atom is -0.376 e. The SMILES string of the molecule is Cc1ccc(NCC(=O)NNC(=O)c2c(-c3ccccc3)noc2C)c(C)c1. The lowest BCUT2D eigenvalue weighted by Gasteiger charge is -2.11. The van der Waals surface area contributed by atoms with Crippen LogP contribution in [0, 0.1) is 20.8 Å². The van der Waals surface area contributed by atoms with Gasteiger partial charge < -0.3 is 9.84 Å². The van der Waals surface area contributed by atoms with Gasteiger partial charge in [0.15, 0.2) is 0 Å². The van der Waals surface area contributed by atoms with Crippen molar-refractivity contribution in [2.45, 2.75) is 20.8 Å².